The van der Waals surface area contributed by atoms with Crippen molar-refractivity contribution in [2.45, 2.75) is 32.9 Å². The van der Waals surface area contributed by atoms with Gasteiger partial charge < -0.3 is 20.5 Å². The van der Waals surface area contributed by atoms with Crippen LogP contribution in [0.15, 0.2) is 42.6 Å². The van der Waals surface area contributed by atoms with Gasteiger partial charge in [0.05, 0.1) is 6.20 Å². The molecule has 0 radical (unpaired) electrons. The summed E-state index contributed by atoms with van der Waals surface area (Å²) in [5.41, 5.74) is 3.50. The minimum absolute atomic E-state index is 0.142. The summed E-state index contributed by atoms with van der Waals surface area (Å²) in [6, 6.07) is 9.52. The van der Waals surface area contributed by atoms with E-state index in [4.69, 9.17) is 9.97 Å². The van der Waals surface area contributed by atoms with Crippen molar-refractivity contribution in [2.75, 3.05) is 23.7 Å². The third-order valence-corrected chi connectivity index (χ3v) is 7.23. The van der Waals surface area contributed by atoms with Gasteiger partial charge in [0.25, 0.3) is 0 Å². The maximum Gasteiger partial charge on any atom is 0.225 e. The molecule has 3 heterocycles. The second-order valence-electron chi connectivity index (χ2n) is 9.14. The van der Waals surface area contributed by atoms with Crippen molar-refractivity contribution in [3.63, 3.8) is 0 Å². The second-order valence-corrected chi connectivity index (χ2v) is 10.3. The first-order valence-electron chi connectivity index (χ1n) is 12.1. The van der Waals surface area contributed by atoms with Crippen LogP contribution in [0.4, 0.5) is 20.4 Å². The zero-order valence-electron chi connectivity index (χ0n) is 20.2. The van der Waals surface area contributed by atoms with Crippen LogP contribution < -0.4 is 16.0 Å². The number of fused-ring (bicyclic) bond motifs is 1. The predicted molar refractivity (Wildman–Crippen MR) is 147 cm³/mol. The number of hydrogen-bond donors (Lipinski definition) is 3. The topological polar surface area (TPSA) is 96.8 Å². The number of benzene rings is 2. The molecule has 4 aromatic rings. The van der Waals surface area contributed by atoms with Crippen LogP contribution in [0.25, 0.3) is 22.6 Å². The molecule has 0 spiro atoms. The number of nitrogens with zero attached hydrogens (tertiary/aromatic N) is 4. The summed E-state index contributed by atoms with van der Waals surface area (Å²) in [5.74, 6) is -0.383. The number of carbonyl (C=O) groups excluding carboxylic acids is 1. The van der Waals surface area contributed by atoms with Gasteiger partial charge in [-0.3, -0.25) is 4.79 Å². The summed E-state index contributed by atoms with van der Waals surface area (Å²) < 4.78 is 30.0. The highest BCUT2D eigenvalue weighted by Crippen LogP contribution is 2.32. The molecule has 0 bridgehead atoms. The molecule has 37 heavy (non-hydrogen) atoms. The molecule has 1 fully saturated rings. The van der Waals surface area contributed by atoms with Crippen LogP contribution >= 0.6 is 22.6 Å². The fourth-order valence-corrected chi connectivity index (χ4v) is 5.11. The Morgan fingerprint density at radius 2 is 2.05 bits per heavy atom. The van der Waals surface area contributed by atoms with Gasteiger partial charge in [-0.1, -0.05) is 6.07 Å². The molecule has 1 amide bonds. The number of piperidine rings is 1. The lowest BCUT2D eigenvalue weighted by atomic mass is 9.99. The van der Waals surface area contributed by atoms with Gasteiger partial charge in [0.2, 0.25) is 11.9 Å². The number of amides is 1. The normalized spacial score (nSPS) is 15.6. The van der Waals surface area contributed by atoms with Crippen molar-refractivity contribution >= 4 is 51.3 Å². The van der Waals surface area contributed by atoms with Crippen molar-refractivity contribution in [1.29, 1.82) is 0 Å². The standard InChI is InChI=1S/C26H26F2IN7O/c1-15(37)33-18-5-7-22(29)19(10-18)24-34-23-13-32-26(31-12-16-4-6-20(27)21(28)9-16)35-25(23)36(24)14-17-3-2-8-30-11-17/h4-7,9-10,13,17,30H,2-3,8,11-12,14H2,1H3,(H,33,37)(H,31,32,35)/t17-/m1/s1. The van der Waals surface area contributed by atoms with E-state index in [1.54, 1.807) is 6.20 Å². The van der Waals surface area contributed by atoms with E-state index >= 15 is 0 Å². The van der Waals surface area contributed by atoms with Crippen LogP contribution in [0, 0.1) is 21.1 Å². The van der Waals surface area contributed by atoms with Crippen molar-refractivity contribution in [1.82, 2.24) is 24.8 Å². The van der Waals surface area contributed by atoms with Crippen LogP contribution in [-0.4, -0.2) is 38.5 Å². The molecule has 3 N–H and O–H groups in total. The van der Waals surface area contributed by atoms with E-state index in [1.165, 1.54) is 13.0 Å². The number of rotatable bonds is 7. The molecule has 5 rings (SSSR count). The number of aromatic nitrogens is 4. The molecule has 0 aliphatic carbocycles. The molecule has 1 aliphatic rings. The van der Waals surface area contributed by atoms with Crippen LogP contribution in [-0.2, 0) is 17.9 Å². The van der Waals surface area contributed by atoms with Gasteiger partial charge in [-0.25, -0.2) is 18.7 Å². The van der Waals surface area contributed by atoms with Crippen molar-refractivity contribution < 1.29 is 13.6 Å². The lowest BCUT2D eigenvalue weighted by molar-refractivity contribution is -0.114. The Hall–Kier alpha value is -3.19. The van der Waals surface area contributed by atoms with Crippen LogP contribution in [0.3, 0.4) is 0 Å². The summed E-state index contributed by atoms with van der Waals surface area (Å²) in [4.78, 5) is 25.7. The molecule has 0 unspecified atom stereocenters. The van der Waals surface area contributed by atoms with Gasteiger partial charge in [-0.05, 0) is 90.3 Å². The zero-order valence-corrected chi connectivity index (χ0v) is 22.3. The first-order valence-corrected chi connectivity index (χ1v) is 13.1. The number of carbonyl (C=O) groups is 1. The quantitative estimate of drug-likeness (QED) is 0.254. The average Bonchev–Trinajstić information content (AvgIpc) is 3.23. The fourth-order valence-electron chi connectivity index (χ4n) is 4.53. The van der Waals surface area contributed by atoms with E-state index in [0.29, 0.717) is 34.3 Å². The highest BCUT2D eigenvalue weighted by Gasteiger charge is 2.22. The molecule has 1 saturated heterocycles. The number of anilines is 2. The maximum atomic E-state index is 13.6. The first-order chi connectivity index (χ1) is 17.9. The minimum atomic E-state index is -0.893. The number of nitrogens with one attached hydrogen (secondary N) is 3. The van der Waals surface area contributed by atoms with Gasteiger partial charge in [0.15, 0.2) is 17.3 Å². The molecule has 2 aromatic carbocycles. The molecule has 0 saturated carbocycles. The predicted octanol–water partition coefficient (Wildman–Crippen LogP) is 4.95. The Morgan fingerprint density at radius 1 is 1.19 bits per heavy atom. The van der Waals surface area contributed by atoms with Crippen molar-refractivity contribution in [2.24, 2.45) is 5.92 Å². The summed E-state index contributed by atoms with van der Waals surface area (Å²) in [6.07, 6.45) is 3.87. The van der Waals surface area contributed by atoms with E-state index in [-0.39, 0.29) is 12.5 Å². The number of halogens is 3. The van der Waals surface area contributed by atoms with Gasteiger partial charge in [0, 0.05) is 34.8 Å². The third kappa shape index (κ3) is 5.87. The Balaban J connectivity index is 1.52. The lowest BCUT2D eigenvalue weighted by Crippen LogP contribution is -2.32. The van der Waals surface area contributed by atoms with Gasteiger partial charge in [0.1, 0.15) is 11.3 Å². The van der Waals surface area contributed by atoms with E-state index < -0.39 is 11.6 Å². The zero-order chi connectivity index (χ0) is 25.9. The Bertz CT molecular complexity index is 1450. The van der Waals surface area contributed by atoms with Crippen molar-refractivity contribution in [3.05, 3.63) is 63.4 Å². The molecule has 1 atom stereocenters. The summed E-state index contributed by atoms with van der Waals surface area (Å²) in [5, 5.41) is 9.43. The Labute approximate surface area is 226 Å². The molecule has 11 heteroatoms. The maximum absolute atomic E-state index is 13.6. The van der Waals surface area contributed by atoms with Crippen LogP contribution in [0.5, 0.6) is 0 Å². The van der Waals surface area contributed by atoms with Gasteiger partial charge in [-0.2, -0.15) is 4.98 Å². The lowest BCUT2D eigenvalue weighted by Gasteiger charge is -2.24. The van der Waals surface area contributed by atoms with E-state index in [9.17, 15) is 13.6 Å². The van der Waals surface area contributed by atoms with Crippen LogP contribution in [0.1, 0.15) is 25.3 Å². The highest BCUT2D eigenvalue weighted by molar-refractivity contribution is 14.1. The smallest absolute Gasteiger partial charge is 0.225 e. The first kappa shape index (κ1) is 25.5. The summed E-state index contributed by atoms with van der Waals surface area (Å²) in [7, 11) is 0. The second kappa shape index (κ2) is 11.1. The molecule has 2 aromatic heterocycles. The van der Waals surface area contributed by atoms with Crippen molar-refractivity contribution in [3.8, 4) is 11.4 Å². The number of hydrogen-bond acceptors (Lipinski definition) is 6. The van der Waals surface area contributed by atoms with Crippen LogP contribution in [0.2, 0.25) is 0 Å². The Kier molecular flexibility index (Phi) is 7.60. The van der Waals surface area contributed by atoms with Gasteiger partial charge >= 0.3 is 0 Å². The largest absolute Gasteiger partial charge is 0.350 e. The number of imidazole rings is 1. The van der Waals surface area contributed by atoms with Gasteiger partial charge in [-0.15, -0.1) is 0 Å². The van der Waals surface area contributed by atoms with E-state index in [0.717, 1.165) is 59.6 Å². The molecule has 192 valence electrons. The molecular weight excluding hydrogens is 591 g/mol. The minimum Gasteiger partial charge on any atom is -0.350 e. The average molecular weight is 617 g/mol. The van der Waals surface area contributed by atoms with E-state index in [2.05, 4.69) is 48.1 Å². The monoisotopic (exact) mass is 617 g/mol. The Morgan fingerprint density at radius 3 is 2.81 bits per heavy atom. The molecule has 1 aliphatic heterocycles. The fraction of sp³-hybridized carbons (Fsp3) is 0.308. The third-order valence-electron chi connectivity index (χ3n) is 6.29. The SMILES string of the molecule is CC(=O)Nc1ccc(I)c(-c2nc3cnc(NCc4ccc(F)c(F)c4)nc3n2C[C@@H]2CCCNC2)c1. The highest BCUT2D eigenvalue weighted by atomic mass is 127. The van der Waals surface area contributed by atoms with E-state index in [1.807, 2.05) is 18.2 Å². The summed E-state index contributed by atoms with van der Waals surface area (Å²) in [6.45, 7) is 4.37. The summed E-state index contributed by atoms with van der Waals surface area (Å²) >= 11 is 2.27. The molecular formula is C26H26F2IN7O. The molecule has 8 nitrogen and oxygen atoms in total.